The third kappa shape index (κ3) is 5.59. The molecule has 20 heavy (non-hydrogen) atoms. The number of carbonyl (C=O) groups is 1. The van der Waals surface area contributed by atoms with Crippen molar-refractivity contribution in [2.75, 3.05) is 19.7 Å². The van der Waals surface area contributed by atoms with Crippen molar-refractivity contribution in [2.45, 2.75) is 53.0 Å². The van der Waals surface area contributed by atoms with Crippen LogP contribution in [0.4, 0.5) is 0 Å². The Balaban J connectivity index is 2.65. The fraction of sp³-hybridized carbons (Fsp3) is 0.733. The molecular weight excluding hydrogens is 272 g/mol. The van der Waals surface area contributed by atoms with E-state index in [1.165, 1.54) is 0 Å². The highest BCUT2D eigenvalue weighted by Crippen LogP contribution is 2.25. The first-order valence-corrected chi connectivity index (χ1v) is 8.07. The fourth-order valence-electron chi connectivity index (χ4n) is 1.87. The molecule has 0 amide bonds. The molecule has 0 aliphatic rings. The summed E-state index contributed by atoms with van der Waals surface area (Å²) in [5, 5.41) is 3.23. The number of nitrogens with zero attached hydrogens (tertiary/aromatic N) is 2. The van der Waals surface area contributed by atoms with Crippen LogP contribution in [0.3, 0.4) is 0 Å². The van der Waals surface area contributed by atoms with E-state index in [0.29, 0.717) is 19.7 Å². The Morgan fingerprint density at radius 3 is 2.60 bits per heavy atom. The lowest BCUT2D eigenvalue weighted by Gasteiger charge is -2.19. The second kappa shape index (κ2) is 7.74. The molecule has 1 aromatic heterocycles. The van der Waals surface area contributed by atoms with Crippen molar-refractivity contribution in [3.05, 3.63) is 16.1 Å². The number of ether oxygens (including phenoxy) is 1. The molecule has 1 heterocycles. The third-order valence-corrected chi connectivity index (χ3v) is 4.09. The van der Waals surface area contributed by atoms with E-state index >= 15 is 0 Å². The summed E-state index contributed by atoms with van der Waals surface area (Å²) in [4.78, 5) is 18.4. The molecule has 5 heteroatoms. The van der Waals surface area contributed by atoms with Crippen LogP contribution in [0.2, 0.25) is 0 Å². The van der Waals surface area contributed by atoms with Gasteiger partial charge in [-0.05, 0) is 19.9 Å². The van der Waals surface area contributed by atoms with Gasteiger partial charge in [0.05, 0.1) is 23.9 Å². The topological polar surface area (TPSA) is 42.4 Å². The van der Waals surface area contributed by atoms with E-state index in [4.69, 9.17) is 4.74 Å². The Morgan fingerprint density at radius 2 is 2.10 bits per heavy atom. The van der Waals surface area contributed by atoms with Crippen molar-refractivity contribution in [3.63, 3.8) is 0 Å². The molecule has 1 aromatic rings. The van der Waals surface area contributed by atoms with Crippen molar-refractivity contribution in [3.8, 4) is 0 Å². The van der Waals surface area contributed by atoms with Gasteiger partial charge in [0.15, 0.2) is 0 Å². The van der Waals surface area contributed by atoms with E-state index in [1.807, 2.05) is 6.92 Å². The van der Waals surface area contributed by atoms with Gasteiger partial charge < -0.3 is 4.74 Å². The molecule has 0 atom stereocenters. The first-order valence-electron chi connectivity index (χ1n) is 7.19. The lowest BCUT2D eigenvalue weighted by Crippen LogP contribution is -2.31. The van der Waals surface area contributed by atoms with Gasteiger partial charge in [-0.1, -0.05) is 27.7 Å². The SMILES string of the molecule is CCCN(CC(=O)OCC)Cc1csc(C(C)(C)C)n1. The average molecular weight is 298 g/mol. The van der Waals surface area contributed by atoms with Crippen LogP contribution >= 0.6 is 11.3 Å². The minimum Gasteiger partial charge on any atom is -0.465 e. The Morgan fingerprint density at radius 1 is 1.40 bits per heavy atom. The molecule has 0 radical (unpaired) electrons. The Labute approximate surface area is 126 Å². The van der Waals surface area contributed by atoms with E-state index in [9.17, 15) is 4.79 Å². The lowest BCUT2D eigenvalue weighted by atomic mass is 9.98. The maximum Gasteiger partial charge on any atom is 0.320 e. The molecule has 4 nitrogen and oxygen atoms in total. The molecule has 0 spiro atoms. The first-order chi connectivity index (χ1) is 9.36. The Kier molecular flexibility index (Phi) is 6.62. The number of esters is 1. The van der Waals surface area contributed by atoms with E-state index in [-0.39, 0.29) is 11.4 Å². The summed E-state index contributed by atoms with van der Waals surface area (Å²) in [6.07, 6.45) is 1.01. The van der Waals surface area contributed by atoms with Crippen LogP contribution < -0.4 is 0 Å². The smallest absolute Gasteiger partial charge is 0.320 e. The summed E-state index contributed by atoms with van der Waals surface area (Å²) < 4.78 is 5.02. The number of hydrogen-bond donors (Lipinski definition) is 0. The normalized spacial score (nSPS) is 11.9. The van der Waals surface area contributed by atoms with Crippen LogP contribution in [0.5, 0.6) is 0 Å². The zero-order chi connectivity index (χ0) is 15.2. The van der Waals surface area contributed by atoms with E-state index in [0.717, 1.165) is 23.7 Å². The summed E-state index contributed by atoms with van der Waals surface area (Å²) >= 11 is 1.69. The molecule has 0 saturated heterocycles. The average Bonchev–Trinajstić information content (AvgIpc) is 2.77. The third-order valence-electron chi connectivity index (χ3n) is 2.78. The van der Waals surface area contributed by atoms with Crippen LogP contribution in [0.1, 0.15) is 51.7 Å². The fourth-order valence-corrected chi connectivity index (χ4v) is 2.77. The van der Waals surface area contributed by atoms with Gasteiger partial charge in [-0.25, -0.2) is 4.98 Å². The summed E-state index contributed by atoms with van der Waals surface area (Å²) in [6, 6.07) is 0. The molecule has 1 rings (SSSR count). The zero-order valence-electron chi connectivity index (χ0n) is 13.2. The van der Waals surface area contributed by atoms with Crippen LogP contribution in [0, 0.1) is 0 Å². The second-order valence-electron chi connectivity index (χ2n) is 5.91. The van der Waals surface area contributed by atoms with Crippen LogP contribution in [0.25, 0.3) is 0 Å². The quantitative estimate of drug-likeness (QED) is 0.725. The predicted octanol–water partition coefficient (Wildman–Crippen LogP) is 3.22. The van der Waals surface area contributed by atoms with Gasteiger partial charge in [0.2, 0.25) is 0 Å². The predicted molar refractivity (Wildman–Crippen MR) is 83.0 cm³/mol. The lowest BCUT2D eigenvalue weighted by molar-refractivity contribution is -0.144. The molecule has 0 fully saturated rings. The summed E-state index contributed by atoms with van der Waals surface area (Å²) in [7, 11) is 0. The van der Waals surface area contributed by atoms with Crippen LogP contribution in [-0.2, 0) is 21.5 Å². The molecular formula is C15H26N2O2S. The number of thiazole rings is 1. The number of hydrogen-bond acceptors (Lipinski definition) is 5. The van der Waals surface area contributed by atoms with Gasteiger partial charge >= 0.3 is 5.97 Å². The van der Waals surface area contributed by atoms with Crippen molar-refractivity contribution in [1.82, 2.24) is 9.88 Å². The highest BCUT2D eigenvalue weighted by atomic mass is 32.1. The maximum absolute atomic E-state index is 11.6. The standard InChI is InChI=1S/C15H26N2O2S/c1-6-8-17(10-13(18)19-7-2)9-12-11-20-14(16-12)15(3,4)5/h11H,6-10H2,1-5H3. The Bertz CT molecular complexity index is 424. The number of carbonyl (C=O) groups excluding carboxylic acids is 1. The number of aromatic nitrogens is 1. The maximum atomic E-state index is 11.6. The summed E-state index contributed by atoms with van der Waals surface area (Å²) in [6.45, 7) is 12.8. The van der Waals surface area contributed by atoms with E-state index in [2.05, 4.69) is 43.0 Å². The molecule has 0 saturated carbocycles. The highest BCUT2D eigenvalue weighted by Gasteiger charge is 2.19. The van der Waals surface area contributed by atoms with Crippen LogP contribution in [0.15, 0.2) is 5.38 Å². The van der Waals surface area contributed by atoms with Crippen molar-refractivity contribution in [1.29, 1.82) is 0 Å². The highest BCUT2D eigenvalue weighted by molar-refractivity contribution is 7.09. The van der Waals surface area contributed by atoms with Gasteiger partial charge in [-0.3, -0.25) is 9.69 Å². The summed E-state index contributed by atoms with van der Waals surface area (Å²) in [5.41, 5.74) is 1.12. The minimum atomic E-state index is -0.160. The minimum absolute atomic E-state index is 0.0830. The zero-order valence-corrected chi connectivity index (χ0v) is 14.0. The Hall–Kier alpha value is -0.940. The number of rotatable bonds is 7. The molecule has 0 aliphatic heterocycles. The first kappa shape index (κ1) is 17.1. The molecule has 0 aromatic carbocycles. The van der Waals surface area contributed by atoms with Crippen molar-refractivity contribution >= 4 is 17.3 Å². The van der Waals surface area contributed by atoms with Gasteiger partial charge in [0.25, 0.3) is 0 Å². The second-order valence-corrected chi connectivity index (χ2v) is 6.77. The largest absolute Gasteiger partial charge is 0.465 e. The molecule has 0 N–H and O–H groups in total. The van der Waals surface area contributed by atoms with Crippen molar-refractivity contribution < 1.29 is 9.53 Å². The molecule has 0 unspecified atom stereocenters. The van der Waals surface area contributed by atoms with E-state index in [1.54, 1.807) is 11.3 Å². The van der Waals surface area contributed by atoms with E-state index < -0.39 is 0 Å². The molecule has 0 bridgehead atoms. The van der Waals surface area contributed by atoms with Gasteiger partial charge in [-0.2, -0.15) is 0 Å². The van der Waals surface area contributed by atoms with Gasteiger partial charge in [-0.15, -0.1) is 11.3 Å². The monoisotopic (exact) mass is 298 g/mol. The van der Waals surface area contributed by atoms with Crippen molar-refractivity contribution in [2.24, 2.45) is 0 Å². The van der Waals surface area contributed by atoms with Gasteiger partial charge in [0.1, 0.15) is 0 Å². The molecule has 114 valence electrons. The van der Waals surface area contributed by atoms with Crippen LogP contribution in [-0.4, -0.2) is 35.5 Å². The summed E-state index contributed by atoms with van der Waals surface area (Å²) in [5.74, 6) is -0.160. The molecule has 0 aliphatic carbocycles. The van der Waals surface area contributed by atoms with Gasteiger partial charge in [0, 0.05) is 17.3 Å².